The number of carboxylic acid groups (broad SMARTS) is 1. The topological polar surface area (TPSA) is 139 Å². The smallest absolute Gasteiger partial charge is 0.320 e. The van der Waals surface area contributed by atoms with Crippen LogP contribution in [0.2, 0.25) is 0 Å². The number of anilines is 1. The van der Waals surface area contributed by atoms with Crippen molar-refractivity contribution in [2.45, 2.75) is 32.4 Å². The van der Waals surface area contributed by atoms with Gasteiger partial charge in [-0.3, -0.25) is 14.6 Å². The molecular formula is C16H22N6O3. The zero-order valence-corrected chi connectivity index (χ0v) is 14.1. The van der Waals surface area contributed by atoms with E-state index in [1.807, 2.05) is 24.5 Å². The molecule has 2 aromatic heterocycles. The number of nitrogens with one attached hydrogen (secondary N) is 2. The first kappa shape index (κ1) is 17.2. The van der Waals surface area contributed by atoms with Crippen LogP contribution in [0.3, 0.4) is 0 Å². The van der Waals surface area contributed by atoms with Crippen LogP contribution in [0.5, 0.6) is 0 Å². The molecule has 0 aromatic carbocycles. The molecule has 3 atom stereocenters. The number of nitrogen functional groups attached to an aromatic ring is 1. The summed E-state index contributed by atoms with van der Waals surface area (Å²) < 4.78 is 1.83. The number of allylic oxidation sites excluding steroid dienone is 1. The summed E-state index contributed by atoms with van der Waals surface area (Å²) in [6, 6.07) is -0.561. The van der Waals surface area contributed by atoms with E-state index < -0.39 is 12.0 Å². The Morgan fingerprint density at radius 1 is 1.52 bits per heavy atom. The van der Waals surface area contributed by atoms with Crippen LogP contribution in [-0.2, 0) is 4.79 Å². The second-order valence-electron chi connectivity index (χ2n) is 6.69. The lowest BCUT2D eigenvalue weighted by molar-refractivity contribution is -0.140. The zero-order chi connectivity index (χ0) is 18.1. The van der Waals surface area contributed by atoms with Crippen LogP contribution >= 0.6 is 0 Å². The fraction of sp³-hybridized carbons (Fsp3) is 0.500. The van der Waals surface area contributed by atoms with Gasteiger partial charge in [0.1, 0.15) is 6.04 Å². The molecule has 2 heterocycles. The molecule has 0 amide bonds. The van der Waals surface area contributed by atoms with E-state index in [0.717, 1.165) is 6.42 Å². The van der Waals surface area contributed by atoms with E-state index in [2.05, 4.69) is 26.3 Å². The van der Waals surface area contributed by atoms with Crippen LogP contribution in [0.25, 0.3) is 11.2 Å². The average Bonchev–Trinajstić information content (AvgIpc) is 3.13. The highest BCUT2D eigenvalue weighted by molar-refractivity contribution is 5.73. The first-order chi connectivity index (χ1) is 11.9. The third kappa shape index (κ3) is 3.41. The Balaban J connectivity index is 1.71. The van der Waals surface area contributed by atoms with Gasteiger partial charge in [-0.25, -0.2) is 4.98 Å². The van der Waals surface area contributed by atoms with Crippen molar-refractivity contribution in [2.75, 3.05) is 12.3 Å². The van der Waals surface area contributed by atoms with Gasteiger partial charge in [0.15, 0.2) is 11.2 Å². The highest BCUT2D eigenvalue weighted by atomic mass is 16.4. The molecule has 134 valence electrons. The number of rotatable bonds is 6. The fourth-order valence-electron chi connectivity index (χ4n) is 3.18. The van der Waals surface area contributed by atoms with Crippen molar-refractivity contribution in [3.05, 3.63) is 28.8 Å². The van der Waals surface area contributed by atoms with Crippen LogP contribution in [0.4, 0.5) is 5.95 Å². The fourth-order valence-corrected chi connectivity index (χ4v) is 3.18. The summed E-state index contributed by atoms with van der Waals surface area (Å²) in [7, 11) is 0. The van der Waals surface area contributed by atoms with Gasteiger partial charge in [0.2, 0.25) is 5.95 Å². The van der Waals surface area contributed by atoms with E-state index in [0.29, 0.717) is 12.2 Å². The van der Waals surface area contributed by atoms with Crippen molar-refractivity contribution >= 4 is 23.1 Å². The number of carboxylic acids is 1. The van der Waals surface area contributed by atoms with E-state index in [4.69, 9.17) is 5.73 Å². The lowest BCUT2D eigenvalue weighted by Crippen LogP contribution is -2.42. The molecule has 0 bridgehead atoms. The van der Waals surface area contributed by atoms with Gasteiger partial charge in [0, 0.05) is 6.54 Å². The van der Waals surface area contributed by atoms with Gasteiger partial charge >= 0.3 is 5.97 Å². The molecule has 1 aliphatic carbocycles. The van der Waals surface area contributed by atoms with E-state index in [9.17, 15) is 14.7 Å². The predicted molar refractivity (Wildman–Crippen MR) is 93.1 cm³/mol. The van der Waals surface area contributed by atoms with Gasteiger partial charge in [0.05, 0.1) is 12.4 Å². The first-order valence-electron chi connectivity index (χ1n) is 8.23. The summed E-state index contributed by atoms with van der Waals surface area (Å²) in [4.78, 5) is 33.9. The third-order valence-corrected chi connectivity index (χ3v) is 4.49. The molecule has 9 heteroatoms. The second kappa shape index (κ2) is 6.67. The minimum absolute atomic E-state index is 0.00725. The Morgan fingerprint density at radius 2 is 2.28 bits per heavy atom. The Morgan fingerprint density at radius 3 is 2.96 bits per heavy atom. The second-order valence-corrected chi connectivity index (χ2v) is 6.69. The van der Waals surface area contributed by atoms with E-state index in [1.165, 1.54) is 0 Å². The maximum Gasteiger partial charge on any atom is 0.320 e. The SMILES string of the molecule is CC(C)[C@H](NC[C@@H]1C=C[C@H](n2cnc3c(=O)[nH]c(N)nc32)C1)C(=O)O. The maximum absolute atomic E-state index is 11.9. The molecule has 25 heavy (non-hydrogen) atoms. The monoisotopic (exact) mass is 346 g/mol. The van der Waals surface area contributed by atoms with Gasteiger partial charge < -0.3 is 20.7 Å². The van der Waals surface area contributed by atoms with Crippen molar-refractivity contribution in [2.24, 2.45) is 11.8 Å². The lowest BCUT2D eigenvalue weighted by Gasteiger charge is -2.20. The number of nitrogens with zero attached hydrogens (tertiary/aromatic N) is 3. The summed E-state index contributed by atoms with van der Waals surface area (Å²) >= 11 is 0. The average molecular weight is 346 g/mol. The highest BCUT2D eigenvalue weighted by Crippen LogP contribution is 2.29. The summed E-state index contributed by atoms with van der Waals surface area (Å²) in [5.41, 5.74) is 5.98. The Hall–Kier alpha value is -2.68. The third-order valence-electron chi connectivity index (χ3n) is 4.49. The number of carbonyl (C=O) groups is 1. The molecule has 0 aliphatic heterocycles. The van der Waals surface area contributed by atoms with Gasteiger partial charge in [-0.05, 0) is 18.3 Å². The molecule has 1 aliphatic rings. The van der Waals surface area contributed by atoms with Gasteiger partial charge in [-0.1, -0.05) is 26.0 Å². The number of imidazole rings is 1. The Kier molecular flexibility index (Phi) is 4.58. The van der Waals surface area contributed by atoms with Crippen molar-refractivity contribution in [3.63, 3.8) is 0 Å². The Bertz CT molecular complexity index is 868. The maximum atomic E-state index is 11.9. The quantitative estimate of drug-likeness (QED) is 0.559. The van der Waals surface area contributed by atoms with Crippen molar-refractivity contribution in [1.29, 1.82) is 0 Å². The highest BCUT2D eigenvalue weighted by Gasteiger charge is 2.26. The van der Waals surface area contributed by atoms with E-state index >= 15 is 0 Å². The number of H-pyrrole nitrogens is 1. The molecule has 5 N–H and O–H groups in total. The predicted octanol–water partition coefficient (Wildman–Crippen LogP) is 0.518. The minimum Gasteiger partial charge on any atom is -0.480 e. The van der Waals surface area contributed by atoms with Crippen LogP contribution in [0, 0.1) is 11.8 Å². The number of hydrogen-bond acceptors (Lipinski definition) is 6. The summed E-state index contributed by atoms with van der Waals surface area (Å²) in [6.07, 6.45) is 6.44. The van der Waals surface area contributed by atoms with Gasteiger partial charge in [0.25, 0.3) is 5.56 Å². The summed E-state index contributed by atoms with van der Waals surface area (Å²) in [6.45, 7) is 4.33. The molecule has 0 saturated heterocycles. The van der Waals surface area contributed by atoms with E-state index in [-0.39, 0.29) is 34.9 Å². The van der Waals surface area contributed by atoms with Crippen LogP contribution < -0.4 is 16.6 Å². The molecule has 0 saturated carbocycles. The molecule has 0 spiro atoms. The minimum atomic E-state index is -0.840. The number of aromatic nitrogens is 4. The van der Waals surface area contributed by atoms with Gasteiger partial charge in [-0.15, -0.1) is 0 Å². The molecular weight excluding hydrogens is 324 g/mol. The summed E-state index contributed by atoms with van der Waals surface area (Å²) in [5.74, 6) is -0.578. The van der Waals surface area contributed by atoms with Crippen molar-refractivity contribution in [1.82, 2.24) is 24.8 Å². The van der Waals surface area contributed by atoms with Crippen molar-refractivity contribution < 1.29 is 9.90 Å². The van der Waals surface area contributed by atoms with E-state index in [1.54, 1.807) is 6.33 Å². The van der Waals surface area contributed by atoms with Gasteiger partial charge in [-0.2, -0.15) is 4.98 Å². The molecule has 2 aromatic rings. The molecule has 9 nitrogen and oxygen atoms in total. The molecule has 0 radical (unpaired) electrons. The lowest BCUT2D eigenvalue weighted by atomic mass is 10.0. The standard InChI is InChI=1S/C16H22N6O3/c1-8(2)11(15(24)25)18-6-9-3-4-10(5-9)22-7-19-12-13(22)20-16(17)21-14(12)23/h3-4,7-11,18H,5-6H2,1-2H3,(H,24,25)(H3,17,20,21,23)/t9-,10+,11+/m1/s1. The molecule has 0 fully saturated rings. The number of aromatic amines is 1. The molecule has 3 rings (SSSR count). The number of nitrogens with two attached hydrogens (primary N) is 1. The Labute approximate surface area is 144 Å². The normalized spacial score (nSPS) is 21.2. The number of aliphatic carboxylic acids is 1. The number of hydrogen-bond donors (Lipinski definition) is 4. The molecule has 0 unspecified atom stereocenters. The largest absolute Gasteiger partial charge is 0.480 e. The van der Waals surface area contributed by atoms with Crippen LogP contribution in [-0.4, -0.2) is 43.2 Å². The summed E-state index contributed by atoms with van der Waals surface area (Å²) in [5, 5.41) is 12.4. The van der Waals surface area contributed by atoms with Crippen LogP contribution in [0.15, 0.2) is 23.3 Å². The first-order valence-corrected chi connectivity index (χ1v) is 8.23. The van der Waals surface area contributed by atoms with Crippen LogP contribution in [0.1, 0.15) is 26.3 Å². The van der Waals surface area contributed by atoms with Crippen molar-refractivity contribution in [3.8, 4) is 0 Å². The number of fused-ring (bicyclic) bond motifs is 1. The zero-order valence-electron chi connectivity index (χ0n) is 14.1.